The first kappa shape index (κ1) is 33.4. The second-order valence-corrected chi connectivity index (χ2v) is 14.3. The van der Waals surface area contributed by atoms with E-state index in [1.807, 2.05) is 42.5 Å². The van der Waals surface area contributed by atoms with Gasteiger partial charge in [-0.2, -0.15) is 0 Å². The Bertz CT molecular complexity index is 3260. The van der Waals surface area contributed by atoms with Crippen molar-refractivity contribution in [3.63, 3.8) is 0 Å². The third-order valence-corrected chi connectivity index (χ3v) is 10.7. The van der Waals surface area contributed by atoms with Crippen LogP contribution in [0.2, 0.25) is 0 Å². The highest BCUT2D eigenvalue weighted by Gasteiger charge is 2.21. The van der Waals surface area contributed by atoms with Gasteiger partial charge in [0.15, 0.2) is 17.5 Å². The van der Waals surface area contributed by atoms with E-state index in [0.717, 1.165) is 89.0 Å². The van der Waals surface area contributed by atoms with Crippen molar-refractivity contribution in [2.75, 3.05) is 0 Å². The van der Waals surface area contributed by atoms with E-state index in [2.05, 4.69) is 162 Å². The quantitative estimate of drug-likeness (QED) is 0.163. The minimum Gasteiger partial charge on any atom is -0.456 e. The summed E-state index contributed by atoms with van der Waals surface area (Å²) in [4.78, 5) is 20.7. The average molecular weight is 744 g/mol. The summed E-state index contributed by atoms with van der Waals surface area (Å²) in [7, 11) is 0. The average Bonchev–Trinajstić information content (AvgIpc) is 3.89. The molecule has 6 heteroatoms. The lowest BCUT2D eigenvalue weighted by molar-refractivity contribution is 0.669. The highest BCUT2D eigenvalue weighted by Crippen LogP contribution is 2.39. The van der Waals surface area contributed by atoms with E-state index < -0.39 is 0 Å². The summed E-state index contributed by atoms with van der Waals surface area (Å²) in [5, 5.41) is 1.89. The lowest BCUT2D eigenvalue weighted by Gasteiger charge is -2.11. The Hall–Kier alpha value is -7.96. The third-order valence-electron chi connectivity index (χ3n) is 10.7. The van der Waals surface area contributed by atoms with Crippen LogP contribution in [0.4, 0.5) is 0 Å². The fourth-order valence-corrected chi connectivity index (χ4v) is 7.88. The Balaban J connectivity index is 1.10. The molecule has 6 nitrogen and oxygen atoms in total. The number of hydrogen-bond acceptors (Lipinski definition) is 5. The summed E-state index contributed by atoms with van der Waals surface area (Å²) < 4.78 is 8.75. The summed E-state index contributed by atoms with van der Waals surface area (Å²) in [6.07, 6.45) is 0. The van der Waals surface area contributed by atoms with Crippen LogP contribution in [0.15, 0.2) is 205 Å². The number of fused-ring (bicyclic) bond motifs is 4. The lowest BCUT2D eigenvalue weighted by atomic mass is 10.0. The van der Waals surface area contributed by atoms with Gasteiger partial charge in [-0.25, -0.2) is 19.9 Å². The van der Waals surface area contributed by atoms with Crippen molar-refractivity contribution in [3.8, 4) is 73.5 Å². The van der Waals surface area contributed by atoms with E-state index in [1.165, 1.54) is 0 Å². The molecule has 0 N–H and O–H groups in total. The molecule has 8 aromatic carbocycles. The van der Waals surface area contributed by atoms with Crippen LogP contribution in [0.3, 0.4) is 0 Å². The molecule has 0 aliphatic heterocycles. The van der Waals surface area contributed by atoms with Gasteiger partial charge in [-0.3, -0.25) is 4.57 Å². The van der Waals surface area contributed by atoms with Crippen molar-refractivity contribution in [1.29, 1.82) is 0 Å². The summed E-state index contributed by atoms with van der Waals surface area (Å²) in [6, 6.07) is 68.6. The predicted octanol–water partition coefficient (Wildman–Crippen LogP) is 13.1. The van der Waals surface area contributed by atoms with Gasteiger partial charge < -0.3 is 4.42 Å². The van der Waals surface area contributed by atoms with Crippen molar-refractivity contribution >= 4 is 33.0 Å². The zero-order chi connectivity index (χ0) is 38.4. The van der Waals surface area contributed by atoms with E-state index in [4.69, 9.17) is 24.4 Å². The fourth-order valence-electron chi connectivity index (χ4n) is 7.88. The molecule has 0 atom stereocenters. The van der Waals surface area contributed by atoms with Crippen molar-refractivity contribution in [1.82, 2.24) is 24.5 Å². The van der Waals surface area contributed by atoms with Crippen molar-refractivity contribution in [3.05, 3.63) is 200 Å². The van der Waals surface area contributed by atoms with Gasteiger partial charge >= 0.3 is 0 Å². The molecule has 3 heterocycles. The van der Waals surface area contributed by atoms with Gasteiger partial charge in [0.1, 0.15) is 17.0 Å². The maximum Gasteiger partial charge on any atom is 0.164 e. The standard InChI is InChI=1S/C52H33N5O/c1-4-14-34(15-5-1)36-26-28-37(29-27-36)49-54-50(39-19-12-18-38(32-39)35-16-6-2-7-17-35)56-51(55-49)42-22-13-25-47-48(42)43-33-40(30-31-46(43)58-47)52-53-44-23-10-11-24-45(44)57(52)41-20-8-3-9-21-41/h1-33H. The van der Waals surface area contributed by atoms with Gasteiger partial charge in [-0.15, -0.1) is 0 Å². The number of furan rings is 1. The van der Waals surface area contributed by atoms with Gasteiger partial charge in [-0.05, 0) is 76.9 Å². The zero-order valence-corrected chi connectivity index (χ0v) is 31.2. The first-order valence-electron chi connectivity index (χ1n) is 19.3. The molecule has 272 valence electrons. The molecule has 0 radical (unpaired) electrons. The number of imidazole rings is 1. The maximum absolute atomic E-state index is 6.53. The number of benzene rings is 8. The molecular weight excluding hydrogens is 711 g/mol. The van der Waals surface area contributed by atoms with E-state index in [1.54, 1.807) is 0 Å². The second-order valence-electron chi connectivity index (χ2n) is 14.3. The Morgan fingerprint density at radius 1 is 0.362 bits per heavy atom. The first-order chi connectivity index (χ1) is 28.7. The van der Waals surface area contributed by atoms with Crippen LogP contribution in [0, 0.1) is 0 Å². The lowest BCUT2D eigenvalue weighted by Crippen LogP contribution is -2.00. The molecule has 0 unspecified atom stereocenters. The van der Waals surface area contributed by atoms with Crippen molar-refractivity contribution < 1.29 is 4.42 Å². The highest BCUT2D eigenvalue weighted by molar-refractivity contribution is 6.12. The Kier molecular flexibility index (Phi) is 8.04. The number of para-hydroxylation sites is 3. The first-order valence-corrected chi connectivity index (χ1v) is 19.3. The van der Waals surface area contributed by atoms with Crippen LogP contribution >= 0.6 is 0 Å². The van der Waals surface area contributed by atoms with Crippen molar-refractivity contribution in [2.24, 2.45) is 0 Å². The smallest absolute Gasteiger partial charge is 0.164 e. The third kappa shape index (κ3) is 5.92. The number of aromatic nitrogens is 5. The van der Waals surface area contributed by atoms with Gasteiger partial charge in [0, 0.05) is 38.7 Å². The van der Waals surface area contributed by atoms with E-state index in [-0.39, 0.29) is 0 Å². The summed E-state index contributed by atoms with van der Waals surface area (Å²) >= 11 is 0. The van der Waals surface area contributed by atoms with Gasteiger partial charge in [0.05, 0.1) is 11.0 Å². The molecule has 0 bridgehead atoms. The van der Waals surface area contributed by atoms with Crippen LogP contribution in [-0.4, -0.2) is 24.5 Å². The molecule has 0 saturated carbocycles. The van der Waals surface area contributed by atoms with Crippen LogP contribution in [0.1, 0.15) is 0 Å². The number of nitrogens with zero attached hydrogens (tertiary/aromatic N) is 5. The van der Waals surface area contributed by atoms with E-state index in [0.29, 0.717) is 17.5 Å². The Morgan fingerprint density at radius 2 is 0.931 bits per heavy atom. The van der Waals surface area contributed by atoms with Crippen LogP contribution in [-0.2, 0) is 0 Å². The number of hydrogen-bond donors (Lipinski definition) is 0. The topological polar surface area (TPSA) is 69.6 Å². The van der Waals surface area contributed by atoms with Crippen LogP contribution < -0.4 is 0 Å². The fraction of sp³-hybridized carbons (Fsp3) is 0. The summed E-state index contributed by atoms with van der Waals surface area (Å²) in [6.45, 7) is 0. The maximum atomic E-state index is 6.53. The van der Waals surface area contributed by atoms with Crippen LogP contribution in [0.25, 0.3) is 106 Å². The van der Waals surface area contributed by atoms with E-state index in [9.17, 15) is 0 Å². The predicted molar refractivity (Wildman–Crippen MR) is 234 cm³/mol. The zero-order valence-electron chi connectivity index (χ0n) is 31.2. The second kappa shape index (κ2) is 14.0. The van der Waals surface area contributed by atoms with E-state index >= 15 is 0 Å². The monoisotopic (exact) mass is 743 g/mol. The minimum atomic E-state index is 0.562. The molecule has 0 aliphatic rings. The molecule has 11 rings (SSSR count). The molecule has 0 amide bonds. The molecule has 11 aromatic rings. The molecule has 0 spiro atoms. The minimum absolute atomic E-state index is 0.562. The molecule has 3 aromatic heterocycles. The van der Waals surface area contributed by atoms with Gasteiger partial charge in [-0.1, -0.05) is 146 Å². The Morgan fingerprint density at radius 3 is 1.71 bits per heavy atom. The summed E-state index contributed by atoms with van der Waals surface area (Å²) in [5.74, 6) is 2.59. The molecule has 0 aliphatic carbocycles. The molecular formula is C52H33N5O. The highest BCUT2D eigenvalue weighted by atomic mass is 16.3. The normalized spacial score (nSPS) is 11.4. The largest absolute Gasteiger partial charge is 0.456 e. The van der Waals surface area contributed by atoms with Crippen molar-refractivity contribution in [2.45, 2.75) is 0 Å². The Labute approximate surface area is 334 Å². The molecule has 58 heavy (non-hydrogen) atoms. The molecule has 0 saturated heterocycles. The van der Waals surface area contributed by atoms with Gasteiger partial charge in [0.2, 0.25) is 0 Å². The van der Waals surface area contributed by atoms with Gasteiger partial charge in [0.25, 0.3) is 0 Å². The SMILES string of the molecule is c1ccc(-c2ccc(-c3nc(-c4cccc(-c5ccccc5)c4)nc(-c4cccc5oc6ccc(-c7nc8ccccc8n7-c7ccccc7)cc6c45)n3)cc2)cc1. The number of rotatable bonds is 7. The summed E-state index contributed by atoms with van der Waals surface area (Å²) in [5.41, 5.74) is 12.7. The molecule has 0 fully saturated rings. The van der Waals surface area contributed by atoms with Crippen LogP contribution in [0.5, 0.6) is 0 Å².